The predicted molar refractivity (Wildman–Crippen MR) is 81.3 cm³/mol. The Labute approximate surface area is 131 Å². The van der Waals surface area contributed by atoms with Crippen LogP contribution >= 0.6 is 11.6 Å². The SMILES string of the molecule is Fc1cc2nc3c(n2cc1-c1ccc(CCl)nc1)COCC3. The lowest BCUT2D eigenvalue weighted by Crippen LogP contribution is -2.10. The largest absolute Gasteiger partial charge is 0.375 e. The molecule has 6 heteroatoms. The highest BCUT2D eigenvalue weighted by molar-refractivity contribution is 6.16. The number of alkyl halides is 1. The van der Waals surface area contributed by atoms with Gasteiger partial charge in [0, 0.05) is 36.0 Å². The van der Waals surface area contributed by atoms with E-state index in [-0.39, 0.29) is 5.82 Å². The van der Waals surface area contributed by atoms with E-state index in [1.54, 1.807) is 18.5 Å². The maximum absolute atomic E-state index is 14.4. The first-order chi connectivity index (χ1) is 10.8. The number of ether oxygens (including phenoxy) is 1. The molecule has 0 N–H and O–H groups in total. The molecule has 112 valence electrons. The predicted octanol–water partition coefficient (Wildman–Crippen LogP) is 3.35. The molecule has 1 aliphatic heterocycles. The van der Waals surface area contributed by atoms with Gasteiger partial charge in [0.05, 0.1) is 36.2 Å². The van der Waals surface area contributed by atoms with E-state index < -0.39 is 0 Å². The lowest BCUT2D eigenvalue weighted by Gasteiger charge is -2.12. The molecule has 22 heavy (non-hydrogen) atoms. The maximum atomic E-state index is 14.4. The molecule has 4 rings (SSSR count). The van der Waals surface area contributed by atoms with Crippen LogP contribution in [0.3, 0.4) is 0 Å². The number of fused-ring (bicyclic) bond motifs is 3. The minimum atomic E-state index is -0.309. The van der Waals surface area contributed by atoms with Crippen molar-refractivity contribution in [2.75, 3.05) is 6.61 Å². The van der Waals surface area contributed by atoms with E-state index in [4.69, 9.17) is 16.3 Å². The zero-order valence-electron chi connectivity index (χ0n) is 11.7. The number of hydrogen-bond donors (Lipinski definition) is 0. The summed E-state index contributed by atoms with van der Waals surface area (Å²) >= 11 is 5.74. The van der Waals surface area contributed by atoms with Crippen molar-refractivity contribution in [3.8, 4) is 11.1 Å². The van der Waals surface area contributed by atoms with E-state index in [2.05, 4.69) is 9.97 Å². The molecular weight excluding hydrogens is 305 g/mol. The molecular formula is C16H13ClFN3O. The van der Waals surface area contributed by atoms with Crippen LogP contribution in [0.2, 0.25) is 0 Å². The highest BCUT2D eigenvalue weighted by Gasteiger charge is 2.18. The Morgan fingerprint density at radius 1 is 1.36 bits per heavy atom. The van der Waals surface area contributed by atoms with Crippen molar-refractivity contribution in [1.29, 1.82) is 0 Å². The van der Waals surface area contributed by atoms with E-state index in [0.29, 0.717) is 35.9 Å². The van der Waals surface area contributed by atoms with Crippen molar-refractivity contribution in [2.24, 2.45) is 0 Å². The van der Waals surface area contributed by atoms with Crippen LogP contribution in [0, 0.1) is 5.82 Å². The number of halogens is 2. The standard InChI is InChI=1S/C16H13ClFN3O/c17-6-11-2-1-10(7-19-11)12-8-21-15-9-22-4-3-14(15)20-16(21)5-13(12)18/h1-2,5,7-8H,3-4,6,9H2. The van der Waals surface area contributed by atoms with Gasteiger partial charge in [-0.15, -0.1) is 11.6 Å². The van der Waals surface area contributed by atoms with Gasteiger partial charge in [0.1, 0.15) is 11.5 Å². The van der Waals surface area contributed by atoms with Gasteiger partial charge in [-0.05, 0) is 6.07 Å². The van der Waals surface area contributed by atoms with Gasteiger partial charge in [0.2, 0.25) is 0 Å². The van der Waals surface area contributed by atoms with Gasteiger partial charge < -0.3 is 9.14 Å². The van der Waals surface area contributed by atoms with Crippen LogP contribution in [-0.2, 0) is 23.6 Å². The molecule has 4 nitrogen and oxygen atoms in total. The summed E-state index contributed by atoms with van der Waals surface area (Å²) in [6, 6.07) is 5.09. The Morgan fingerprint density at radius 3 is 3.05 bits per heavy atom. The minimum absolute atomic E-state index is 0.309. The summed E-state index contributed by atoms with van der Waals surface area (Å²) < 4.78 is 21.8. The Morgan fingerprint density at radius 2 is 2.27 bits per heavy atom. The molecule has 0 atom stereocenters. The van der Waals surface area contributed by atoms with Crippen LogP contribution in [0.15, 0.2) is 30.6 Å². The van der Waals surface area contributed by atoms with Gasteiger partial charge >= 0.3 is 0 Å². The van der Waals surface area contributed by atoms with Crippen molar-refractivity contribution in [1.82, 2.24) is 14.4 Å². The number of pyridine rings is 2. The fourth-order valence-electron chi connectivity index (χ4n) is 2.73. The molecule has 3 aromatic rings. The van der Waals surface area contributed by atoms with Gasteiger partial charge in [-0.25, -0.2) is 9.37 Å². The average molecular weight is 318 g/mol. The third-order valence-corrected chi connectivity index (χ3v) is 4.16. The van der Waals surface area contributed by atoms with Crippen molar-refractivity contribution >= 4 is 17.2 Å². The van der Waals surface area contributed by atoms with Gasteiger partial charge in [-0.1, -0.05) is 6.07 Å². The highest BCUT2D eigenvalue weighted by atomic mass is 35.5. The molecule has 0 amide bonds. The summed E-state index contributed by atoms with van der Waals surface area (Å²) in [5.74, 6) is 0.0323. The number of imidazole rings is 1. The van der Waals surface area contributed by atoms with Crippen LogP contribution in [0.25, 0.3) is 16.8 Å². The number of nitrogens with zero attached hydrogens (tertiary/aromatic N) is 3. The first kappa shape index (κ1) is 13.7. The fraction of sp³-hybridized carbons (Fsp3) is 0.250. The monoisotopic (exact) mass is 317 g/mol. The molecule has 0 saturated carbocycles. The molecule has 1 aliphatic rings. The first-order valence-electron chi connectivity index (χ1n) is 7.04. The number of aromatic nitrogens is 3. The van der Waals surface area contributed by atoms with E-state index in [1.807, 2.05) is 10.5 Å². The lowest BCUT2D eigenvalue weighted by atomic mass is 10.1. The Balaban J connectivity index is 1.87. The summed E-state index contributed by atoms with van der Waals surface area (Å²) in [7, 11) is 0. The zero-order valence-corrected chi connectivity index (χ0v) is 12.5. The Bertz CT molecular complexity index is 845. The molecule has 0 aliphatic carbocycles. The second-order valence-corrected chi connectivity index (χ2v) is 5.51. The Kier molecular flexibility index (Phi) is 3.32. The van der Waals surface area contributed by atoms with E-state index >= 15 is 0 Å². The van der Waals surface area contributed by atoms with E-state index in [9.17, 15) is 4.39 Å². The fourth-order valence-corrected chi connectivity index (χ4v) is 2.89. The number of rotatable bonds is 2. The van der Waals surface area contributed by atoms with Crippen LogP contribution in [0.1, 0.15) is 17.1 Å². The van der Waals surface area contributed by atoms with Crippen molar-refractivity contribution in [3.63, 3.8) is 0 Å². The smallest absolute Gasteiger partial charge is 0.140 e. The third kappa shape index (κ3) is 2.17. The summed E-state index contributed by atoms with van der Waals surface area (Å²) in [6.45, 7) is 1.17. The van der Waals surface area contributed by atoms with Crippen molar-refractivity contribution < 1.29 is 9.13 Å². The topological polar surface area (TPSA) is 39.4 Å². The van der Waals surface area contributed by atoms with Gasteiger partial charge in [0.15, 0.2) is 0 Å². The van der Waals surface area contributed by atoms with Crippen molar-refractivity contribution in [3.05, 3.63) is 53.5 Å². The molecule has 0 spiro atoms. The summed E-state index contributed by atoms with van der Waals surface area (Å²) in [6.07, 6.45) is 4.17. The second kappa shape index (κ2) is 5.34. The molecule has 3 aromatic heterocycles. The van der Waals surface area contributed by atoms with Gasteiger partial charge in [-0.3, -0.25) is 4.98 Å². The molecule has 0 fully saturated rings. The molecule has 0 saturated heterocycles. The molecule has 0 bridgehead atoms. The summed E-state index contributed by atoms with van der Waals surface area (Å²) in [5.41, 5.74) is 4.56. The highest BCUT2D eigenvalue weighted by Crippen LogP contribution is 2.26. The van der Waals surface area contributed by atoms with Crippen LogP contribution in [0.4, 0.5) is 4.39 Å². The van der Waals surface area contributed by atoms with Crippen LogP contribution < -0.4 is 0 Å². The Hall–Kier alpha value is -1.98. The molecule has 0 aromatic carbocycles. The van der Waals surface area contributed by atoms with E-state index in [1.165, 1.54) is 6.07 Å². The molecule has 0 unspecified atom stereocenters. The lowest BCUT2D eigenvalue weighted by molar-refractivity contribution is 0.106. The number of hydrogen-bond acceptors (Lipinski definition) is 3. The molecule has 4 heterocycles. The maximum Gasteiger partial charge on any atom is 0.140 e. The molecule has 0 radical (unpaired) electrons. The zero-order chi connectivity index (χ0) is 15.1. The third-order valence-electron chi connectivity index (χ3n) is 3.89. The van der Waals surface area contributed by atoms with Crippen molar-refractivity contribution in [2.45, 2.75) is 18.9 Å². The van der Waals surface area contributed by atoms with Crippen LogP contribution in [-0.4, -0.2) is 21.0 Å². The quantitative estimate of drug-likeness (QED) is 0.680. The summed E-state index contributed by atoms with van der Waals surface area (Å²) in [5, 5.41) is 0. The van der Waals surface area contributed by atoms with Crippen LogP contribution in [0.5, 0.6) is 0 Å². The summed E-state index contributed by atoms with van der Waals surface area (Å²) in [4.78, 5) is 8.71. The normalized spacial score (nSPS) is 14.3. The van der Waals surface area contributed by atoms with Gasteiger partial charge in [0.25, 0.3) is 0 Å². The van der Waals surface area contributed by atoms with Gasteiger partial charge in [-0.2, -0.15) is 0 Å². The average Bonchev–Trinajstić information content (AvgIpc) is 2.91. The first-order valence-corrected chi connectivity index (χ1v) is 7.58. The second-order valence-electron chi connectivity index (χ2n) is 5.24. The van der Waals surface area contributed by atoms with E-state index in [0.717, 1.165) is 23.5 Å². The minimum Gasteiger partial charge on any atom is -0.375 e.